The highest BCUT2D eigenvalue weighted by molar-refractivity contribution is 7.92. The number of carbonyl (C=O) groups is 2. The lowest BCUT2D eigenvalue weighted by atomic mass is 10.0. The first-order valence-electron chi connectivity index (χ1n) is 12.9. The minimum atomic E-state index is -4.29. The van der Waals surface area contributed by atoms with E-state index in [0.717, 1.165) is 9.87 Å². The number of benzene rings is 4. The van der Waals surface area contributed by atoms with Crippen molar-refractivity contribution < 1.29 is 22.4 Å². The molecule has 0 radical (unpaired) electrons. The van der Waals surface area contributed by atoms with Gasteiger partial charge < -0.3 is 10.2 Å². The Labute approximate surface area is 254 Å². The number of hydrogen-bond acceptors (Lipinski definition) is 4. The molecule has 0 bridgehead atoms. The van der Waals surface area contributed by atoms with Crippen LogP contribution >= 0.6 is 23.2 Å². The fourth-order valence-electron chi connectivity index (χ4n) is 4.44. The Balaban J connectivity index is 1.80. The fraction of sp³-hybridized carbons (Fsp3) is 0.161. The molecule has 42 heavy (non-hydrogen) atoms. The third-order valence-electron chi connectivity index (χ3n) is 6.53. The molecule has 0 aliphatic rings. The molecule has 1 atom stereocenters. The Kier molecular flexibility index (Phi) is 10.2. The minimum absolute atomic E-state index is 0.0499. The molecule has 0 spiro atoms. The van der Waals surface area contributed by atoms with Crippen LogP contribution in [0.5, 0.6) is 0 Å². The van der Waals surface area contributed by atoms with Crippen LogP contribution in [0.4, 0.5) is 10.1 Å². The van der Waals surface area contributed by atoms with E-state index in [-0.39, 0.29) is 33.6 Å². The molecule has 0 aliphatic heterocycles. The topological polar surface area (TPSA) is 86.8 Å². The number of likely N-dealkylation sites (N-methyl/N-ethyl adjacent to an activating group) is 1. The quantitative estimate of drug-likeness (QED) is 0.231. The van der Waals surface area contributed by atoms with Gasteiger partial charge in [0, 0.05) is 30.1 Å². The molecule has 4 rings (SSSR count). The maximum Gasteiger partial charge on any atom is 0.264 e. The number of halogens is 3. The van der Waals surface area contributed by atoms with Gasteiger partial charge in [0.2, 0.25) is 11.8 Å². The Morgan fingerprint density at radius 2 is 1.40 bits per heavy atom. The maximum absolute atomic E-state index is 14.2. The fourth-order valence-corrected chi connectivity index (χ4v) is 6.37. The molecule has 4 aromatic rings. The second-order valence-corrected chi connectivity index (χ2v) is 12.2. The van der Waals surface area contributed by atoms with Crippen molar-refractivity contribution in [3.05, 3.63) is 130 Å². The summed E-state index contributed by atoms with van der Waals surface area (Å²) in [4.78, 5) is 28.7. The van der Waals surface area contributed by atoms with Crippen LogP contribution in [-0.2, 0) is 32.6 Å². The summed E-state index contributed by atoms with van der Waals surface area (Å²) in [7, 11) is -2.83. The maximum atomic E-state index is 14.2. The monoisotopic (exact) mass is 627 g/mol. The minimum Gasteiger partial charge on any atom is -0.357 e. The van der Waals surface area contributed by atoms with E-state index in [1.807, 2.05) is 30.3 Å². The first-order valence-corrected chi connectivity index (χ1v) is 15.1. The molecule has 7 nitrogen and oxygen atoms in total. The second-order valence-electron chi connectivity index (χ2n) is 9.42. The van der Waals surface area contributed by atoms with Crippen LogP contribution < -0.4 is 9.62 Å². The normalized spacial score (nSPS) is 11.9. The summed E-state index contributed by atoms with van der Waals surface area (Å²) < 4.78 is 42.4. The second kappa shape index (κ2) is 13.8. The third-order valence-corrected chi connectivity index (χ3v) is 8.75. The molecule has 0 unspecified atom stereocenters. The molecule has 2 amide bonds. The molecule has 0 saturated heterocycles. The predicted molar refractivity (Wildman–Crippen MR) is 162 cm³/mol. The highest BCUT2D eigenvalue weighted by Gasteiger charge is 2.34. The van der Waals surface area contributed by atoms with Gasteiger partial charge in [-0.1, -0.05) is 83.9 Å². The molecule has 1 N–H and O–H groups in total. The molecular formula is C31H28Cl2FN3O4S. The zero-order valence-corrected chi connectivity index (χ0v) is 24.9. The summed E-state index contributed by atoms with van der Waals surface area (Å²) in [6, 6.07) is 25.5. The summed E-state index contributed by atoms with van der Waals surface area (Å²) in [5.41, 5.74) is 1.42. The average molecular weight is 629 g/mol. The summed E-state index contributed by atoms with van der Waals surface area (Å²) in [5.74, 6) is -1.57. The van der Waals surface area contributed by atoms with Gasteiger partial charge in [0.25, 0.3) is 10.0 Å². The Bertz CT molecular complexity index is 1620. The smallest absolute Gasteiger partial charge is 0.264 e. The largest absolute Gasteiger partial charge is 0.357 e. The summed E-state index contributed by atoms with van der Waals surface area (Å²) in [6.45, 7) is -0.753. The number of sulfonamides is 1. The van der Waals surface area contributed by atoms with Crippen molar-refractivity contribution >= 4 is 50.7 Å². The highest BCUT2D eigenvalue weighted by atomic mass is 35.5. The average Bonchev–Trinajstić information content (AvgIpc) is 2.98. The molecule has 0 heterocycles. The van der Waals surface area contributed by atoms with Crippen molar-refractivity contribution in [3.8, 4) is 0 Å². The Hall–Kier alpha value is -3.92. The van der Waals surface area contributed by atoms with Crippen LogP contribution in [0.15, 0.2) is 108 Å². The van der Waals surface area contributed by atoms with Gasteiger partial charge >= 0.3 is 0 Å². The van der Waals surface area contributed by atoms with Gasteiger partial charge in [0.05, 0.1) is 10.6 Å². The zero-order chi connectivity index (χ0) is 30.3. The molecule has 4 aromatic carbocycles. The molecule has 0 aliphatic carbocycles. The number of carbonyl (C=O) groups excluding carboxylic acids is 2. The van der Waals surface area contributed by atoms with Crippen LogP contribution in [0.3, 0.4) is 0 Å². The number of anilines is 1. The van der Waals surface area contributed by atoms with Crippen LogP contribution in [-0.4, -0.2) is 44.8 Å². The van der Waals surface area contributed by atoms with Gasteiger partial charge in [-0.05, 0) is 53.6 Å². The van der Waals surface area contributed by atoms with Crippen molar-refractivity contribution in [1.29, 1.82) is 0 Å². The van der Waals surface area contributed by atoms with Crippen molar-refractivity contribution in [3.63, 3.8) is 0 Å². The van der Waals surface area contributed by atoms with Gasteiger partial charge in [0.15, 0.2) is 0 Å². The van der Waals surface area contributed by atoms with Gasteiger partial charge in [-0.3, -0.25) is 13.9 Å². The summed E-state index contributed by atoms with van der Waals surface area (Å²) in [5, 5.41) is 2.96. The van der Waals surface area contributed by atoms with E-state index in [0.29, 0.717) is 5.56 Å². The van der Waals surface area contributed by atoms with E-state index in [1.165, 1.54) is 66.5 Å². The van der Waals surface area contributed by atoms with E-state index in [1.54, 1.807) is 18.2 Å². The van der Waals surface area contributed by atoms with Crippen LogP contribution in [0.2, 0.25) is 10.0 Å². The van der Waals surface area contributed by atoms with Crippen molar-refractivity contribution in [2.45, 2.75) is 23.9 Å². The lowest BCUT2D eigenvalue weighted by molar-refractivity contribution is -0.139. The van der Waals surface area contributed by atoms with Crippen LogP contribution in [0.25, 0.3) is 0 Å². The van der Waals surface area contributed by atoms with Crippen LogP contribution in [0.1, 0.15) is 11.1 Å². The summed E-state index contributed by atoms with van der Waals surface area (Å²) >= 11 is 12.5. The van der Waals surface area contributed by atoms with Crippen molar-refractivity contribution in [2.24, 2.45) is 0 Å². The van der Waals surface area contributed by atoms with Crippen molar-refractivity contribution in [2.75, 3.05) is 17.9 Å². The first kappa shape index (κ1) is 31.0. The molecule has 0 fully saturated rings. The zero-order valence-electron chi connectivity index (χ0n) is 22.6. The number of nitrogens with one attached hydrogen (secondary N) is 1. The van der Waals surface area contributed by atoms with Gasteiger partial charge in [-0.15, -0.1) is 0 Å². The molecule has 11 heteroatoms. The number of hydrogen-bond donors (Lipinski definition) is 1. The third kappa shape index (κ3) is 7.67. The summed E-state index contributed by atoms with van der Waals surface area (Å²) in [6.07, 6.45) is 0.155. The predicted octanol–water partition coefficient (Wildman–Crippen LogP) is 5.71. The standard InChI is InChI=1S/C31H28Cl2FN3O4S/c1-35-31(39)29(16-22-8-4-2-5-9-22)36(20-23-12-14-26(34)15-13-23)30(38)21-37(27-18-24(32)17-25(33)19-27)42(40,41)28-10-6-3-7-11-28/h2-15,17-19,29H,16,20-21H2,1H3,(H,35,39)/t29-/m1/s1. The first-order chi connectivity index (χ1) is 20.1. The molecule has 218 valence electrons. The molecule has 0 aromatic heterocycles. The molecule has 0 saturated carbocycles. The number of nitrogens with zero attached hydrogens (tertiary/aromatic N) is 2. The Morgan fingerprint density at radius 3 is 1.98 bits per heavy atom. The lowest BCUT2D eigenvalue weighted by Gasteiger charge is -2.33. The van der Waals surface area contributed by atoms with E-state index >= 15 is 0 Å². The number of amides is 2. The van der Waals surface area contributed by atoms with E-state index in [2.05, 4.69) is 5.32 Å². The van der Waals surface area contributed by atoms with Gasteiger partial charge in [-0.25, -0.2) is 12.8 Å². The highest BCUT2D eigenvalue weighted by Crippen LogP contribution is 2.30. The van der Waals surface area contributed by atoms with Crippen LogP contribution in [0, 0.1) is 5.82 Å². The SMILES string of the molecule is CNC(=O)[C@@H](Cc1ccccc1)N(Cc1ccc(F)cc1)C(=O)CN(c1cc(Cl)cc(Cl)c1)S(=O)(=O)c1ccccc1. The lowest BCUT2D eigenvalue weighted by Crippen LogP contribution is -2.53. The van der Waals surface area contributed by atoms with E-state index in [9.17, 15) is 22.4 Å². The van der Waals surface area contributed by atoms with E-state index < -0.39 is 40.2 Å². The van der Waals surface area contributed by atoms with Crippen molar-refractivity contribution in [1.82, 2.24) is 10.2 Å². The number of rotatable bonds is 11. The molecular weight excluding hydrogens is 600 g/mol. The van der Waals surface area contributed by atoms with Gasteiger partial charge in [-0.2, -0.15) is 0 Å². The Morgan fingerprint density at radius 1 is 0.833 bits per heavy atom. The van der Waals surface area contributed by atoms with Gasteiger partial charge in [0.1, 0.15) is 18.4 Å². The van der Waals surface area contributed by atoms with E-state index in [4.69, 9.17) is 23.2 Å².